The summed E-state index contributed by atoms with van der Waals surface area (Å²) in [6.45, 7) is 1.08. The quantitative estimate of drug-likeness (QED) is 0.837. The molecule has 1 atom stereocenters. The van der Waals surface area contributed by atoms with Crippen molar-refractivity contribution in [3.05, 3.63) is 24.4 Å². The molecule has 1 saturated heterocycles. The van der Waals surface area contributed by atoms with Crippen LogP contribution in [0.5, 0.6) is 0 Å². The third-order valence-corrected chi connectivity index (χ3v) is 3.25. The van der Waals surface area contributed by atoms with Crippen molar-refractivity contribution < 1.29 is 27.6 Å². The van der Waals surface area contributed by atoms with Crippen molar-refractivity contribution in [2.45, 2.75) is 19.1 Å². The summed E-state index contributed by atoms with van der Waals surface area (Å²) in [5.41, 5.74) is 0.599. The number of urea groups is 1. The third kappa shape index (κ3) is 2.29. The Balaban J connectivity index is 1.85. The molecule has 0 spiro atoms. The van der Waals surface area contributed by atoms with Crippen LogP contribution in [0.2, 0.25) is 0 Å². The minimum Gasteiger partial charge on any atom is -0.445 e. The van der Waals surface area contributed by atoms with Gasteiger partial charge in [-0.1, -0.05) is 0 Å². The Bertz CT molecular complexity index is 614. The molecule has 1 aromatic rings. The Morgan fingerprint density at radius 2 is 2.33 bits per heavy atom. The average molecular weight is 299 g/mol. The number of ketones is 1. The van der Waals surface area contributed by atoms with E-state index in [4.69, 9.17) is 4.42 Å². The van der Waals surface area contributed by atoms with Gasteiger partial charge < -0.3 is 9.32 Å². The first-order chi connectivity index (χ1) is 9.88. The lowest BCUT2D eigenvalue weighted by Crippen LogP contribution is -2.43. The lowest BCUT2D eigenvalue weighted by atomic mass is 10.1. The lowest BCUT2D eigenvalue weighted by molar-refractivity contribution is -0.314. The Morgan fingerprint density at radius 3 is 2.95 bits per heavy atom. The summed E-state index contributed by atoms with van der Waals surface area (Å²) >= 11 is 0. The van der Waals surface area contributed by atoms with E-state index in [1.165, 1.54) is 17.4 Å². The second kappa shape index (κ2) is 4.62. The third-order valence-electron chi connectivity index (χ3n) is 3.25. The van der Waals surface area contributed by atoms with Crippen LogP contribution in [0.3, 0.4) is 0 Å². The van der Waals surface area contributed by atoms with Gasteiger partial charge in [-0.2, -0.15) is 18.7 Å². The van der Waals surface area contributed by atoms with Crippen molar-refractivity contribution >= 4 is 17.4 Å². The fraction of sp³-hybridized carbons (Fsp3) is 0.417. The normalized spacial score (nSPS) is 21.8. The topological polar surface area (TPSA) is 75.9 Å². The molecule has 2 bridgehead atoms. The van der Waals surface area contributed by atoms with Crippen LogP contribution in [0.4, 0.5) is 13.6 Å². The number of halogens is 2. The molecule has 21 heavy (non-hydrogen) atoms. The van der Waals surface area contributed by atoms with Crippen LogP contribution in [0.15, 0.2) is 23.0 Å². The molecule has 112 valence electrons. The molecule has 0 aliphatic carbocycles. The molecule has 3 rings (SSSR count). The van der Waals surface area contributed by atoms with E-state index in [1.807, 2.05) is 0 Å². The molecule has 7 nitrogen and oxygen atoms in total. The van der Waals surface area contributed by atoms with Crippen molar-refractivity contribution in [2.75, 3.05) is 13.1 Å². The first-order valence-corrected chi connectivity index (χ1v) is 6.15. The van der Waals surface area contributed by atoms with Gasteiger partial charge >= 0.3 is 12.1 Å². The maximum atomic E-state index is 13.4. The molecule has 2 aliphatic heterocycles. The van der Waals surface area contributed by atoms with E-state index in [0.717, 1.165) is 0 Å². The van der Waals surface area contributed by atoms with Gasteiger partial charge in [0, 0.05) is 19.0 Å². The number of hydrogen-bond acceptors (Lipinski definition) is 5. The lowest BCUT2D eigenvalue weighted by Gasteiger charge is -2.23. The van der Waals surface area contributed by atoms with E-state index in [-0.39, 0.29) is 13.1 Å². The van der Waals surface area contributed by atoms with E-state index < -0.39 is 24.0 Å². The van der Waals surface area contributed by atoms with Crippen molar-refractivity contribution in [3.63, 3.8) is 0 Å². The summed E-state index contributed by atoms with van der Waals surface area (Å²) in [6.07, 6.45) is 0.360. The van der Waals surface area contributed by atoms with Crippen LogP contribution in [0.1, 0.15) is 12.8 Å². The van der Waals surface area contributed by atoms with Crippen LogP contribution >= 0.6 is 0 Å². The van der Waals surface area contributed by atoms with Crippen LogP contribution in [0, 0.1) is 0 Å². The number of rotatable bonds is 4. The second-order valence-corrected chi connectivity index (χ2v) is 4.75. The Kier molecular flexibility index (Phi) is 3.01. The molecule has 3 heterocycles. The predicted octanol–water partition coefficient (Wildman–Crippen LogP) is 1.29. The number of amides is 2. The van der Waals surface area contributed by atoms with Gasteiger partial charge in [0.15, 0.2) is 0 Å². The van der Waals surface area contributed by atoms with E-state index in [9.17, 15) is 18.4 Å². The number of aromatic nitrogens is 1. The number of nitrogens with zero attached hydrogens (tertiary/aromatic N) is 3. The fourth-order valence-corrected chi connectivity index (χ4v) is 2.22. The number of carbonyl (C=O) groups is 2. The van der Waals surface area contributed by atoms with Crippen molar-refractivity contribution in [3.8, 4) is 0 Å². The molecule has 1 fully saturated rings. The number of carbonyl (C=O) groups excluding carboxylic acids is 2. The van der Waals surface area contributed by atoms with Crippen LogP contribution in [0.25, 0.3) is 5.57 Å². The minimum absolute atomic E-state index is 0.182. The highest BCUT2D eigenvalue weighted by atomic mass is 19.3. The molecule has 0 aromatic carbocycles. The van der Waals surface area contributed by atoms with Crippen molar-refractivity contribution in [1.82, 2.24) is 14.9 Å². The molecule has 2 aliphatic rings. The van der Waals surface area contributed by atoms with Gasteiger partial charge in [0.2, 0.25) is 11.7 Å². The summed E-state index contributed by atoms with van der Waals surface area (Å²) < 4.78 is 31.9. The zero-order chi connectivity index (χ0) is 15.2. The standard InChI is InChI=1S/C12H11F2N3O4/c1-7(18)12(13,14)21-17-9-4-8(10-15-2-3-20-10)5-16(6-9)11(17)19/h2-4,9H,5-6H2,1H3. The molecule has 0 N–H and O–H groups in total. The number of hydroxylamine groups is 2. The van der Waals surface area contributed by atoms with Gasteiger partial charge in [0.25, 0.3) is 0 Å². The number of alkyl halides is 2. The molecule has 9 heteroatoms. The molecular formula is C12H11F2N3O4. The molecule has 1 aromatic heterocycles. The predicted molar refractivity (Wildman–Crippen MR) is 63.8 cm³/mol. The highest BCUT2D eigenvalue weighted by Crippen LogP contribution is 2.31. The van der Waals surface area contributed by atoms with E-state index >= 15 is 0 Å². The highest BCUT2D eigenvalue weighted by Gasteiger charge is 2.48. The zero-order valence-electron chi connectivity index (χ0n) is 11.0. The first kappa shape index (κ1) is 13.7. The monoisotopic (exact) mass is 299 g/mol. The van der Waals surface area contributed by atoms with Gasteiger partial charge in [0.1, 0.15) is 6.26 Å². The smallest absolute Gasteiger partial charge is 0.436 e. The van der Waals surface area contributed by atoms with Gasteiger partial charge in [-0.3, -0.25) is 4.79 Å². The zero-order valence-corrected chi connectivity index (χ0v) is 11.0. The average Bonchev–Trinajstić information content (AvgIpc) is 3.03. The van der Waals surface area contributed by atoms with E-state index in [1.54, 1.807) is 6.08 Å². The largest absolute Gasteiger partial charge is 0.445 e. The van der Waals surface area contributed by atoms with Gasteiger partial charge in [-0.25, -0.2) is 9.78 Å². The van der Waals surface area contributed by atoms with E-state index in [2.05, 4.69) is 9.82 Å². The summed E-state index contributed by atoms with van der Waals surface area (Å²) in [5, 5.41) is 0.525. The van der Waals surface area contributed by atoms with Crippen LogP contribution in [-0.4, -0.2) is 52.0 Å². The number of oxazole rings is 1. The van der Waals surface area contributed by atoms with E-state index in [0.29, 0.717) is 23.5 Å². The first-order valence-electron chi connectivity index (χ1n) is 6.15. The molecule has 0 saturated carbocycles. The molecular weight excluding hydrogens is 288 g/mol. The van der Waals surface area contributed by atoms with Crippen LogP contribution < -0.4 is 0 Å². The maximum absolute atomic E-state index is 13.4. The Morgan fingerprint density at radius 1 is 1.57 bits per heavy atom. The van der Waals surface area contributed by atoms with Gasteiger partial charge in [-0.15, -0.1) is 0 Å². The number of Topliss-reactive ketones (excluding diaryl/α,β-unsaturated/α-hetero) is 1. The summed E-state index contributed by atoms with van der Waals surface area (Å²) in [5.74, 6) is -1.15. The Labute approximate surface area is 117 Å². The van der Waals surface area contributed by atoms with Gasteiger partial charge in [0.05, 0.1) is 18.8 Å². The summed E-state index contributed by atoms with van der Waals surface area (Å²) in [4.78, 5) is 32.4. The second-order valence-electron chi connectivity index (χ2n) is 4.75. The molecule has 1 unspecified atom stereocenters. The Hall–Kier alpha value is -2.29. The number of hydrogen-bond donors (Lipinski definition) is 0. The number of fused-ring (bicyclic) bond motifs is 2. The SMILES string of the molecule is CC(=O)C(F)(F)ON1C(=O)N2CC(c3ncco3)=CC1C2. The molecule has 0 radical (unpaired) electrons. The highest BCUT2D eigenvalue weighted by molar-refractivity contribution is 5.84. The summed E-state index contributed by atoms with van der Waals surface area (Å²) in [7, 11) is 0. The summed E-state index contributed by atoms with van der Waals surface area (Å²) in [6, 6.07) is -1.45. The fourth-order valence-electron chi connectivity index (χ4n) is 2.22. The van der Waals surface area contributed by atoms with Crippen LogP contribution in [-0.2, 0) is 9.63 Å². The van der Waals surface area contributed by atoms with Gasteiger partial charge in [-0.05, 0) is 6.08 Å². The van der Waals surface area contributed by atoms with Crippen molar-refractivity contribution in [2.24, 2.45) is 0 Å². The maximum Gasteiger partial charge on any atom is 0.436 e. The van der Waals surface area contributed by atoms with Crippen molar-refractivity contribution in [1.29, 1.82) is 0 Å². The minimum atomic E-state index is -4.04. The molecule has 2 amide bonds.